The van der Waals surface area contributed by atoms with Gasteiger partial charge in [-0.15, -0.1) is 0 Å². The number of anilines is 1. The van der Waals surface area contributed by atoms with Crippen LogP contribution in [0.5, 0.6) is 0 Å². The van der Waals surface area contributed by atoms with E-state index in [1.165, 1.54) is 0 Å². The predicted octanol–water partition coefficient (Wildman–Crippen LogP) is 4.71. The van der Waals surface area contributed by atoms with E-state index in [9.17, 15) is 9.59 Å². The second kappa shape index (κ2) is 10.1. The number of amides is 1. The molecule has 1 atom stereocenters. The minimum Gasteiger partial charge on any atom is -0.481 e. The molecule has 1 amide bonds. The number of carboxylic acid groups (broad SMARTS) is 1. The van der Waals surface area contributed by atoms with Crippen molar-refractivity contribution in [1.82, 2.24) is 5.16 Å². The summed E-state index contributed by atoms with van der Waals surface area (Å²) < 4.78 is 10.7. The Morgan fingerprint density at radius 3 is 2.52 bits per heavy atom. The molecule has 1 aromatic heterocycles. The maximum atomic E-state index is 12.3. The predicted molar refractivity (Wildman–Crippen MR) is 115 cm³/mol. The highest BCUT2D eigenvalue weighted by atomic mass is 16.6. The molecular formula is C24H22N2O5. The van der Waals surface area contributed by atoms with Crippen LogP contribution >= 0.6 is 0 Å². The van der Waals surface area contributed by atoms with Gasteiger partial charge in [0.25, 0.3) is 0 Å². The van der Waals surface area contributed by atoms with E-state index in [1.54, 1.807) is 26.0 Å². The number of carbonyl (C=O) groups excluding carboxylic acids is 1. The number of benzene rings is 2. The summed E-state index contributed by atoms with van der Waals surface area (Å²) in [6.07, 6.45) is -0.512. The zero-order chi connectivity index (χ0) is 22.2. The van der Waals surface area contributed by atoms with Gasteiger partial charge in [0.05, 0.1) is 0 Å². The topological polar surface area (TPSA) is 102 Å². The minimum atomic E-state index is -0.832. The second-order valence-corrected chi connectivity index (χ2v) is 6.90. The first-order valence-corrected chi connectivity index (χ1v) is 9.74. The number of aryl methyl sites for hydroxylation is 2. The molecule has 2 N–H and O–H groups in total. The molecule has 3 aromatic rings. The number of aromatic nitrogens is 1. The SMILES string of the molecule is Cc1noc(C#Cc2ccc(CCC(=O)O)cc2)c1NC(=O)O[C@H](C)c1ccccc1. The summed E-state index contributed by atoms with van der Waals surface area (Å²) >= 11 is 0. The van der Waals surface area contributed by atoms with Crippen molar-refractivity contribution in [3.05, 3.63) is 82.7 Å². The molecule has 7 heteroatoms. The molecule has 7 nitrogen and oxygen atoms in total. The Bertz CT molecular complexity index is 1110. The zero-order valence-corrected chi connectivity index (χ0v) is 17.2. The number of rotatable bonds is 6. The van der Waals surface area contributed by atoms with Gasteiger partial charge < -0.3 is 14.4 Å². The van der Waals surface area contributed by atoms with Crippen LogP contribution in [0, 0.1) is 18.8 Å². The maximum Gasteiger partial charge on any atom is 0.412 e. The van der Waals surface area contributed by atoms with E-state index < -0.39 is 18.2 Å². The first-order valence-electron chi connectivity index (χ1n) is 9.74. The Hall–Kier alpha value is -4.05. The third kappa shape index (κ3) is 6.21. The van der Waals surface area contributed by atoms with Crippen LogP contribution in [0.15, 0.2) is 59.1 Å². The first-order chi connectivity index (χ1) is 14.9. The molecule has 0 aliphatic heterocycles. The lowest BCUT2D eigenvalue weighted by atomic mass is 10.1. The minimum absolute atomic E-state index is 0.0797. The van der Waals surface area contributed by atoms with Gasteiger partial charge in [0.2, 0.25) is 5.76 Å². The molecule has 158 valence electrons. The number of hydrogen-bond acceptors (Lipinski definition) is 5. The third-order valence-corrected chi connectivity index (χ3v) is 4.54. The Morgan fingerprint density at radius 2 is 1.84 bits per heavy atom. The molecule has 0 saturated heterocycles. The fourth-order valence-corrected chi connectivity index (χ4v) is 2.82. The molecule has 0 radical (unpaired) electrons. The van der Waals surface area contributed by atoms with E-state index in [1.807, 2.05) is 42.5 Å². The molecule has 0 aliphatic rings. The molecule has 0 spiro atoms. The van der Waals surface area contributed by atoms with Gasteiger partial charge in [-0.25, -0.2) is 4.79 Å². The van der Waals surface area contributed by atoms with Crippen LogP contribution in [-0.4, -0.2) is 22.3 Å². The van der Waals surface area contributed by atoms with Crippen molar-refractivity contribution in [3.63, 3.8) is 0 Å². The standard InChI is InChI=1S/C24H22N2O5/c1-16-23(25-24(29)30-17(2)20-6-4-3-5-7-20)21(31-26-16)14-12-18-8-10-19(11-9-18)13-15-22(27)28/h3-11,17H,13,15H2,1-2H3,(H,25,29)(H,27,28)/t17-/m1/s1. The Morgan fingerprint density at radius 1 is 1.13 bits per heavy atom. The van der Waals surface area contributed by atoms with Gasteiger partial charge in [0.1, 0.15) is 17.5 Å². The van der Waals surface area contributed by atoms with E-state index in [2.05, 4.69) is 22.3 Å². The van der Waals surface area contributed by atoms with Crippen LogP contribution in [0.1, 0.15) is 47.6 Å². The van der Waals surface area contributed by atoms with Crippen LogP contribution < -0.4 is 5.32 Å². The molecule has 0 fully saturated rings. The highest BCUT2D eigenvalue weighted by Crippen LogP contribution is 2.22. The summed E-state index contributed by atoms with van der Waals surface area (Å²) in [5, 5.41) is 15.3. The largest absolute Gasteiger partial charge is 0.481 e. The van der Waals surface area contributed by atoms with Crippen molar-refractivity contribution in [2.24, 2.45) is 0 Å². The lowest BCUT2D eigenvalue weighted by molar-refractivity contribution is -0.136. The summed E-state index contributed by atoms with van der Waals surface area (Å²) in [6, 6.07) is 16.7. The van der Waals surface area contributed by atoms with E-state index in [0.29, 0.717) is 17.8 Å². The first kappa shape index (κ1) is 21.7. The smallest absolute Gasteiger partial charge is 0.412 e. The number of aliphatic carboxylic acids is 1. The average molecular weight is 418 g/mol. The van der Waals surface area contributed by atoms with Gasteiger partial charge in [-0.2, -0.15) is 0 Å². The van der Waals surface area contributed by atoms with Crippen molar-refractivity contribution in [2.45, 2.75) is 32.8 Å². The molecule has 2 aromatic carbocycles. The number of ether oxygens (including phenoxy) is 1. The molecule has 0 bridgehead atoms. The molecule has 0 saturated carbocycles. The highest BCUT2D eigenvalue weighted by Gasteiger charge is 2.17. The van der Waals surface area contributed by atoms with Gasteiger partial charge in [-0.3, -0.25) is 10.1 Å². The Kier molecular flexibility index (Phi) is 7.07. The van der Waals surface area contributed by atoms with Crippen LogP contribution in [0.3, 0.4) is 0 Å². The summed E-state index contributed by atoms with van der Waals surface area (Å²) in [5.41, 5.74) is 3.36. The van der Waals surface area contributed by atoms with Gasteiger partial charge in [-0.05, 0) is 49.4 Å². The molecule has 1 heterocycles. The molecule has 3 rings (SSSR count). The molecule has 0 aliphatic carbocycles. The highest BCUT2D eigenvalue weighted by molar-refractivity contribution is 5.87. The van der Waals surface area contributed by atoms with Crippen LogP contribution in [0.4, 0.5) is 10.5 Å². The lowest BCUT2D eigenvalue weighted by Gasteiger charge is -2.13. The number of nitrogens with one attached hydrogen (secondary N) is 1. The van der Waals surface area contributed by atoms with Crippen molar-refractivity contribution in [1.29, 1.82) is 0 Å². The Balaban J connectivity index is 1.66. The van der Waals surface area contributed by atoms with Crippen molar-refractivity contribution in [2.75, 3.05) is 5.32 Å². The van der Waals surface area contributed by atoms with E-state index >= 15 is 0 Å². The van der Waals surface area contributed by atoms with E-state index in [-0.39, 0.29) is 12.2 Å². The Labute approximate surface area is 180 Å². The van der Waals surface area contributed by atoms with Crippen molar-refractivity contribution in [3.8, 4) is 11.8 Å². The number of hydrogen-bond donors (Lipinski definition) is 2. The number of carboxylic acids is 1. The number of nitrogens with zero attached hydrogens (tertiary/aromatic N) is 1. The maximum absolute atomic E-state index is 12.3. The fourth-order valence-electron chi connectivity index (χ4n) is 2.82. The third-order valence-electron chi connectivity index (χ3n) is 4.54. The summed E-state index contributed by atoms with van der Waals surface area (Å²) in [5.74, 6) is 5.21. The van der Waals surface area contributed by atoms with E-state index in [0.717, 1.165) is 16.7 Å². The monoisotopic (exact) mass is 418 g/mol. The quantitative estimate of drug-likeness (QED) is 0.562. The van der Waals surface area contributed by atoms with Crippen molar-refractivity contribution < 1.29 is 24.0 Å². The zero-order valence-electron chi connectivity index (χ0n) is 17.2. The van der Waals surface area contributed by atoms with Gasteiger partial charge in [0.15, 0.2) is 0 Å². The normalized spacial score (nSPS) is 11.2. The summed E-state index contributed by atoms with van der Waals surface area (Å²) in [4.78, 5) is 23.0. The molecule has 0 unspecified atom stereocenters. The fraction of sp³-hybridized carbons (Fsp3) is 0.208. The lowest BCUT2D eigenvalue weighted by Crippen LogP contribution is -2.16. The van der Waals surface area contributed by atoms with Crippen LogP contribution in [0.25, 0.3) is 0 Å². The average Bonchev–Trinajstić information content (AvgIpc) is 3.11. The van der Waals surface area contributed by atoms with Gasteiger partial charge in [0, 0.05) is 12.0 Å². The molecular weight excluding hydrogens is 396 g/mol. The van der Waals surface area contributed by atoms with E-state index in [4.69, 9.17) is 14.4 Å². The van der Waals surface area contributed by atoms with Crippen molar-refractivity contribution >= 4 is 17.7 Å². The van der Waals surface area contributed by atoms with Gasteiger partial charge in [-0.1, -0.05) is 53.5 Å². The van der Waals surface area contributed by atoms with Crippen LogP contribution in [0.2, 0.25) is 0 Å². The molecule has 31 heavy (non-hydrogen) atoms. The van der Waals surface area contributed by atoms with Crippen LogP contribution in [-0.2, 0) is 16.0 Å². The number of carbonyl (C=O) groups is 2. The summed E-state index contributed by atoms with van der Waals surface area (Å²) in [6.45, 7) is 3.48. The van der Waals surface area contributed by atoms with Gasteiger partial charge >= 0.3 is 12.1 Å². The second-order valence-electron chi connectivity index (χ2n) is 6.90. The summed E-state index contributed by atoms with van der Waals surface area (Å²) in [7, 11) is 0.